The normalized spacial score (nSPS) is 14.2. The first kappa shape index (κ1) is 19.2. The molecular weight excluding hydrogens is 364 g/mol. The molecule has 1 aliphatic heterocycles. The van der Waals surface area contributed by atoms with Gasteiger partial charge in [-0.1, -0.05) is 17.7 Å². The SMILES string of the molecule is CC(=O)c1ccc(OCC(=O)N2CCN(c3cc(Cl)ccc3C)CC2)cc1. The molecule has 1 saturated heterocycles. The van der Waals surface area contributed by atoms with Crippen molar-refractivity contribution >= 4 is 29.0 Å². The molecule has 0 atom stereocenters. The van der Waals surface area contributed by atoms with Gasteiger partial charge in [-0.2, -0.15) is 0 Å². The summed E-state index contributed by atoms with van der Waals surface area (Å²) in [5.41, 5.74) is 2.93. The molecule has 1 fully saturated rings. The van der Waals surface area contributed by atoms with Crippen LogP contribution < -0.4 is 9.64 Å². The predicted molar refractivity (Wildman–Crippen MR) is 107 cm³/mol. The third-order valence-electron chi connectivity index (χ3n) is 4.77. The molecule has 5 nitrogen and oxygen atoms in total. The van der Waals surface area contributed by atoms with Gasteiger partial charge in [-0.25, -0.2) is 0 Å². The highest BCUT2D eigenvalue weighted by atomic mass is 35.5. The minimum Gasteiger partial charge on any atom is -0.484 e. The Morgan fingerprint density at radius 3 is 2.33 bits per heavy atom. The van der Waals surface area contributed by atoms with Gasteiger partial charge in [0.25, 0.3) is 5.91 Å². The minimum atomic E-state index is -0.0342. The number of ether oxygens (including phenoxy) is 1. The third-order valence-corrected chi connectivity index (χ3v) is 5.00. The second kappa shape index (κ2) is 8.44. The van der Waals surface area contributed by atoms with E-state index in [1.807, 2.05) is 23.1 Å². The Kier molecular flexibility index (Phi) is 6.01. The Morgan fingerprint density at radius 2 is 1.70 bits per heavy atom. The van der Waals surface area contributed by atoms with Gasteiger partial charge >= 0.3 is 0 Å². The van der Waals surface area contributed by atoms with Crippen molar-refractivity contribution in [1.29, 1.82) is 0 Å². The van der Waals surface area contributed by atoms with Crippen molar-refractivity contribution in [3.8, 4) is 5.75 Å². The second-order valence-electron chi connectivity index (χ2n) is 6.67. The van der Waals surface area contributed by atoms with E-state index in [-0.39, 0.29) is 18.3 Å². The van der Waals surface area contributed by atoms with E-state index >= 15 is 0 Å². The van der Waals surface area contributed by atoms with E-state index in [9.17, 15) is 9.59 Å². The highest BCUT2D eigenvalue weighted by Crippen LogP contribution is 2.25. The monoisotopic (exact) mass is 386 g/mol. The molecule has 6 heteroatoms. The van der Waals surface area contributed by atoms with Crippen LogP contribution in [0.3, 0.4) is 0 Å². The minimum absolute atomic E-state index is 0.00435. The topological polar surface area (TPSA) is 49.9 Å². The van der Waals surface area contributed by atoms with Crippen LogP contribution in [0.15, 0.2) is 42.5 Å². The summed E-state index contributed by atoms with van der Waals surface area (Å²) >= 11 is 6.12. The zero-order valence-electron chi connectivity index (χ0n) is 15.6. The van der Waals surface area contributed by atoms with Gasteiger partial charge in [0.2, 0.25) is 0 Å². The summed E-state index contributed by atoms with van der Waals surface area (Å²) < 4.78 is 5.57. The number of hydrogen-bond donors (Lipinski definition) is 0. The highest BCUT2D eigenvalue weighted by molar-refractivity contribution is 6.30. The van der Waals surface area contributed by atoms with E-state index in [2.05, 4.69) is 11.8 Å². The lowest BCUT2D eigenvalue weighted by Gasteiger charge is -2.36. The number of nitrogens with zero attached hydrogens (tertiary/aromatic N) is 2. The van der Waals surface area contributed by atoms with Crippen molar-refractivity contribution < 1.29 is 14.3 Å². The molecular formula is C21H23ClN2O3. The van der Waals surface area contributed by atoms with Crippen LogP contribution in [0.2, 0.25) is 5.02 Å². The van der Waals surface area contributed by atoms with E-state index in [0.29, 0.717) is 24.4 Å². The molecule has 142 valence electrons. The molecule has 0 spiro atoms. The lowest BCUT2D eigenvalue weighted by Crippen LogP contribution is -2.50. The van der Waals surface area contributed by atoms with Crippen molar-refractivity contribution in [2.24, 2.45) is 0 Å². The molecule has 27 heavy (non-hydrogen) atoms. The first-order valence-electron chi connectivity index (χ1n) is 8.97. The van der Waals surface area contributed by atoms with Gasteiger partial charge in [-0.05, 0) is 55.8 Å². The summed E-state index contributed by atoms with van der Waals surface area (Å²) in [6, 6.07) is 12.7. The van der Waals surface area contributed by atoms with Crippen LogP contribution in [-0.4, -0.2) is 49.4 Å². The van der Waals surface area contributed by atoms with E-state index < -0.39 is 0 Å². The number of carbonyl (C=O) groups is 2. The zero-order valence-corrected chi connectivity index (χ0v) is 16.3. The summed E-state index contributed by atoms with van der Waals surface area (Å²) in [4.78, 5) is 27.8. The van der Waals surface area contributed by atoms with Crippen LogP contribution in [0.25, 0.3) is 0 Å². The van der Waals surface area contributed by atoms with E-state index in [1.165, 1.54) is 12.5 Å². The van der Waals surface area contributed by atoms with Gasteiger partial charge in [0.1, 0.15) is 5.75 Å². The molecule has 1 amide bonds. The Labute approximate surface area is 164 Å². The molecule has 3 rings (SSSR count). The number of carbonyl (C=O) groups excluding carboxylic acids is 2. The number of piperazine rings is 1. The number of aryl methyl sites for hydroxylation is 1. The van der Waals surface area contributed by atoms with Crippen molar-refractivity contribution in [2.75, 3.05) is 37.7 Å². The largest absolute Gasteiger partial charge is 0.484 e. The number of ketones is 1. The number of Topliss-reactive ketones (excluding diaryl/α,β-unsaturated/α-hetero) is 1. The number of halogens is 1. The Hall–Kier alpha value is -2.53. The third kappa shape index (κ3) is 4.80. The first-order chi connectivity index (χ1) is 12.9. The summed E-state index contributed by atoms with van der Waals surface area (Å²) in [6.07, 6.45) is 0. The maximum absolute atomic E-state index is 12.4. The summed E-state index contributed by atoms with van der Waals surface area (Å²) in [7, 11) is 0. The van der Waals surface area contributed by atoms with Gasteiger partial charge in [0, 0.05) is 42.5 Å². The molecule has 0 saturated carbocycles. The van der Waals surface area contributed by atoms with E-state index in [0.717, 1.165) is 23.8 Å². The lowest BCUT2D eigenvalue weighted by molar-refractivity contribution is -0.133. The lowest BCUT2D eigenvalue weighted by atomic mass is 10.1. The standard InChI is InChI=1S/C21H23ClN2O3/c1-15-3-6-18(22)13-20(15)23-9-11-24(12-10-23)21(26)14-27-19-7-4-17(5-8-19)16(2)25/h3-8,13H,9-12,14H2,1-2H3. The van der Waals surface area contributed by atoms with Crippen LogP contribution in [0, 0.1) is 6.92 Å². The fourth-order valence-corrected chi connectivity index (χ4v) is 3.31. The van der Waals surface area contributed by atoms with Crippen LogP contribution in [-0.2, 0) is 4.79 Å². The summed E-state index contributed by atoms with van der Waals surface area (Å²) in [6.45, 7) is 6.41. The van der Waals surface area contributed by atoms with Crippen molar-refractivity contribution in [3.05, 3.63) is 58.6 Å². The van der Waals surface area contributed by atoms with Crippen molar-refractivity contribution in [2.45, 2.75) is 13.8 Å². The fraction of sp³-hybridized carbons (Fsp3) is 0.333. The average molecular weight is 387 g/mol. The maximum atomic E-state index is 12.4. The van der Waals surface area contributed by atoms with Crippen LogP contribution >= 0.6 is 11.6 Å². The zero-order chi connectivity index (χ0) is 19.4. The fourth-order valence-electron chi connectivity index (χ4n) is 3.14. The Morgan fingerprint density at radius 1 is 1.04 bits per heavy atom. The number of hydrogen-bond acceptors (Lipinski definition) is 4. The van der Waals surface area contributed by atoms with Crippen molar-refractivity contribution in [3.63, 3.8) is 0 Å². The average Bonchev–Trinajstić information content (AvgIpc) is 2.68. The number of benzene rings is 2. The number of anilines is 1. The maximum Gasteiger partial charge on any atom is 0.260 e. The van der Waals surface area contributed by atoms with E-state index in [4.69, 9.17) is 16.3 Å². The molecule has 0 radical (unpaired) electrons. The van der Waals surface area contributed by atoms with Gasteiger partial charge in [-0.3, -0.25) is 9.59 Å². The quantitative estimate of drug-likeness (QED) is 0.737. The molecule has 2 aromatic carbocycles. The van der Waals surface area contributed by atoms with Gasteiger partial charge in [-0.15, -0.1) is 0 Å². The molecule has 0 N–H and O–H groups in total. The Bertz CT molecular complexity index is 828. The predicted octanol–water partition coefficient (Wildman–Crippen LogP) is 3.58. The number of amides is 1. The molecule has 2 aromatic rings. The molecule has 1 aliphatic rings. The molecule has 0 aromatic heterocycles. The van der Waals surface area contributed by atoms with Gasteiger partial charge < -0.3 is 14.5 Å². The smallest absolute Gasteiger partial charge is 0.260 e. The van der Waals surface area contributed by atoms with Crippen LogP contribution in [0.5, 0.6) is 5.75 Å². The Balaban J connectivity index is 1.51. The van der Waals surface area contributed by atoms with Crippen molar-refractivity contribution in [1.82, 2.24) is 4.90 Å². The molecule has 0 unspecified atom stereocenters. The molecule has 0 aliphatic carbocycles. The second-order valence-corrected chi connectivity index (χ2v) is 7.10. The summed E-state index contributed by atoms with van der Waals surface area (Å²) in [5, 5.41) is 0.721. The molecule has 1 heterocycles. The summed E-state index contributed by atoms with van der Waals surface area (Å²) in [5.74, 6) is 0.556. The van der Waals surface area contributed by atoms with Gasteiger partial charge in [0.15, 0.2) is 12.4 Å². The molecule has 0 bridgehead atoms. The highest BCUT2D eigenvalue weighted by Gasteiger charge is 2.22. The van der Waals surface area contributed by atoms with E-state index in [1.54, 1.807) is 24.3 Å². The van der Waals surface area contributed by atoms with Crippen LogP contribution in [0.1, 0.15) is 22.8 Å². The van der Waals surface area contributed by atoms with Crippen LogP contribution in [0.4, 0.5) is 5.69 Å². The van der Waals surface area contributed by atoms with Gasteiger partial charge in [0.05, 0.1) is 0 Å². The first-order valence-corrected chi connectivity index (χ1v) is 9.34. The number of rotatable bonds is 5.